The van der Waals surface area contributed by atoms with Gasteiger partial charge in [0.25, 0.3) is 11.5 Å². The number of amides is 1. The van der Waals surface area contributed by atoms with Gasteiger partial charge in [-0.3, -0.25) is 9.59 Å². The van der Waals surface area contributed by atoms with Gasteiger partial charge in [-0.25, -0.2) is 9.36 Å². The van der Waals surface area contributed by atoms with Crippen LogP contribution in [0.4, 0.5) is 0 Å². The summed E-state index contributed by atoms with van der Waals surface area (Å²) >= 11 is 0. The third-order valence-electron chi connectivity index (χ3n) is 5.49. The Morgan fingerprint density at radius 1 is 1.10 bits per heavy atom. The molecule has 30 heavy (non-hydrogen) atoms. The SMILES string of the molecule is O=C(c1ccc2n[nH]nc2c1)N1CCC(Cn2nc(-n3cccn3)ccc2=O)CC1. The highest BCUT2D eigenvalue weighted by Gasteiger charge is 2.25. The number of nitrogens with one attached hydrogen (secondary N) is 1. The van der Waals surface area contributed by atoms with E-state index < -0.39 is 0 Å². The molecule has 1 N–H and O–H groups in total. The second-order valence-corrected chi connectivity index (χ2v) is 7.43. The molecule has 0 bridgehead atoms. The van der Waals surface area contributed by atoms with Crippen LogP contribution in [0.3, 0.4) is 0 Å². The predicted molar refractivity (Wildman–Crippen MR) is 108 cm³/mol. The Kier molecular flexibility index (Phi) is 4.58. The van der Waals surface area contributed by atoms with Crippen LogP contribution < -0.4 is 5.56 Å². The maximum atomic E-state index is 12.9. The topological polar surface area (TPSA) is 115 Å². The Bertz CT molecular complexity index is 1240. The van der Waals surface area contributed by atoms with Crippen molar-refractivity contribution in [1.29, 1.82) is 0 Å². The monoisotopic (exact) mass is 404 g/mol. The number of likely N-dealkylation sites (tertiary alicyclic amines) is 1. The maximum absolute atomic E-state index is 12.9. The van der Waals surface area contributed by atoms with Crippen molar-refractivity contribution in [3.63, 3.8) is 0 Å². The van der Waals surface area contributed by atoms with Gasteiger partial charge in [-0.15, -0.1) is 5.10 Å². The molecule has 1 aliphatic rings. The minimum absolute atomic E-state index is 0.00526. The number of hydrogen-bond donors (Lipinski definition) is 1. The van der Waals surface area contributed by atoms with Crippen LogP contribution in [-0.4, -0.2) is 58.9 Å². The lowest BCUT2D eigenvalue weighted by Crippen LogP contribution is -2.40. The molecule has 0 radical (unpaired) electrons. The maximum Gasteiger partial charge on any atom is 0.266 e. The molecule has 3 aromatic heterocycles. The molecule has 0 saturated carbocycles. The number of rotatable bonds is 4. The molecule has 10 nitrogen and oxygen atoms in total. The van der Waals surface area contributed by atoms with Crippen molar-refractivity contribution in [2.75, 3.05) is 13.1 Å². The largest absolute Gasteiger partial charge is 0.339 e. The molecular weight excluding hydrogens is 384 g/mol. The number of nitrogens with zero attached hydrogens (tertiary/aromatic N) is 7. The van der Waals surface area contributed by atoms with E-state index in [-0.39, 0.29) is 17.4 Å². The first-order valence-corrected chi connectivity index (χ1v) is 9.85. The lowest BCUT2D eigenvalue weighted by atomic mass is 9.96. The van der Waals surface area contributed by atoms with Gasteiger partial charge in [0.05, 0.1) is 0 Å². The summed E-state index contributed by atoms with van der Waals surface area (Å²) in [5.41, 5.74) is 1.89. The number of fused-ring (bicyclic) bond motifs is 1. The van der Waals surface area contributed by atoms with Crippen LogP contribution in [0.15, 0.2) is 53.6 Å². The van der Waals surface area contributed by atoms with Crippen LogP contribution in [0.1, 0.15) is 23.2 Å². The number of aromatic amines is 1. The van der Waals surface area contributed by atoms with Gasteiger partial charge in [0, 0.05) is 43.7 Å². The van der Waals surface area contributed by atoms with Crippen molar-refractivity contribution >= 4 is 16.9 Å². The van der Waals surface area contributed by atoms with Gasteiger partial charge in [0.2, 0.25) is 0 Å². The minimum atomic E-state index is -0.134. The molecule has 1 amide bonds. The quantitative estimate of drug-likeness (QED) is 0.548. The molecule has 1 aromatic carbocycles. The number of carbonyl (C=O) groups is 1. The first-order chi connectivity index (χ1) is 14.7. The van der Waals surface area contributed by atoms with Crippen molar-refractivity contribution in [2.24, 2.45) is 5.92 Å². The second-order valence-electron chi connectivity index (χ2n) is 7.43. The van der Waals surface area contributed by atoms with Crippen LogP contribution in [0, 0.1) is 5.92 Å². The molecule has 4 heterocycles. The number of H-pyrrole nitrogens is 1. The summed E-state index contributed by atoms with van der Waals surface area (Å²) in [6, 6.07) is 10.3. The molecule has 5 rings (SSSR count). The van der Waals surface area contributed by atoms with E-state index in [0.29, 0.717) is 36.5 Å². The summed E-state index contributed by atoms with van der Waals surface area (Å²) in [4.78, 5) is 27.0. The summed E-state index contributed by atoms with van der Waals surface area (Å²) in [5.74, 6) is 0.884. The fraction of sp³-hybridized carbons (Fsp3) is 0.300. The Morgan fingerprint density at radius 3 is 2.73 bits per heavy atom. The summed E-state index contributed by atoms with van der Waals surface area (Å²) in [7, 11) is 0. The Balaban J connectivity index is 1.24. The molecule has 0 atom stereocenters. The molecule has 1 saturated heterocycles. The average molecular weight is 404 g/mol. The lowest BCUT2D eigenvalue weighted by Gasteiger charge is -2.32. The summed E-state index contributed by atoms with van der Waals surface area (Å²) < 4.78 is 3.13. The van der Waals surface area contributed by atoms with E-state index in [1.165, 1.54) is 10.7 Å². The lowest BCUT2D eigenvalue weighted by molar-refractivity contribution is 0.0680. The smallest absolute Gasteiger partial charge is 0.266 e. The van der Waals surface area contributed by atoms with Crippen LogP contribution >= 0.6 is 0 Å². The van der Waals surface area contributed by atoms with Crippen molar-refractivity contribution in [1.82, 2.24) is 39.9 Å². The fourth-order valence-electron chi connectivity index (χ4n) is 3.81. The third kappa shape index (κ3) is 3.47. The van der Waals surface area contributed by atoms with E-state index in [2.05, 4.69) is 25.6 Å². The van der Waals surface area contributed by atoms with Crippen LogP contribution in [0.25, 0.3) is 16.9 Å². The molecule has 4 aromatic rings. The van der Waals surface area contributed by atoms with Crippen LogP contribution in [-0.2, 0) is 6.54 Å². The molecule has 1 aliphatic heterocycles. The van der Waals surface area contributed by atoms with E-state index in [0.717, 1.165) is 18.4 Å². The third-order valence-corrected chi connectivity index (χ3v) is 5.49. The normalized spacial score (nSPS) is 15.0. The number of carbonyl (C=O) groups excluding carboxylic acids is 1. The zero-order chi connectivity index (χ0) is 20.5. The summed E-state index contributed by atoms with van der Waals surface area (Å²) in [6.45, 7) is 1.82. The molecule has 0 aliphatic carbocycles. The zero-order valence-electron chi connectivity index (χ0n) is 16.2. The van der Waals surface area contributed by atoms with Gasteiger partial charge in [-0.05, 0) is 49.1 Å². The summed E-state index contributed by atoms with van der Waals surface area (Å²) in [5, 5.41) is 19.2. The van der Waals surface area contributed by atoms with Gasteiger partial charge in [-0.2, -0.15) is 20.5 Å². The van der Waals surface area contributed by atoms with Crippen molar-refractivity contribution < 1.29 is 4.79 Å². The van der Waals surface area contributed by atoms with Gasteiger partial charge < -0.3 is 4.90 Å². The van der Waals surface area contributed by atoms with E-state index in [1.54, 1.807) is 41.3 Å². The molecule has 152 valence electrons. The van der Waals surface area contributed by atoms with E-state index in [9.17, 15) is 9.59 Å². The zero-order valence-corrected chi connectivity index (χ0v) is 16.2. The predicted octanol–water partition coefficient (Wildman–Crippen LogP) is 1.25. The van der Waals surface area contributed by atoms with E-state index in [1.807, 2.05) is 11.0 Å². The van der Waals surface area contributed by atoms with Crippen molar-refractivity contribution in [3.05, 3.63) is 64.7 Å². The second kappa shape index (κ2) is 7.54. The first-order valence-electron chi connectivity index (χ1n) is 9.85. The van der Waals surface area contributed by atoms with Crippen molar-refractivity contribution in [3.8, 4) is 5.82 Å². The standard InChI is InChI=1S/C20H20N8O2/c29-19-5-4-18(27-9-1-8-21-27)24-28(19)13-14-6-10-26(11-7-14)20(30)15-2-3-16-17(12-15)23-25-22-16/h1-5,8-9,12,14H,6-7,10-11,13H2,(H,22,23,25). The van der Waals surface area contributed by atoms with E-state index >= 15 is 0 Å². The molecule has 0 unspecified atom stereocenters. The number of piperidine rings is 1. The van der Waals surface area contributed by atoms with Gasteiger partial charge in [0.1, 0.15) is 11.0 Å². The van der Waals surface area contributed by atoms with Gasteiger partial charge >= 0.3 is 0 Å². The number of benzene rings is 1. The Hall–Kier alpha value is -3.82. The number of aromatic nitrogens is 7. The Labute approximate surface area is 171 Å². The Morgan fingerprint density at radius 2 is 1.93 bits per heavy atom. The molecule has 1 fully saturated rings. The molecule has 10 heteroatoms. The fourth-order valence-corrected chi connectivity index (χ4v) is 3.81. The average Bonchev–Trinajstić information content (AvgIpc) is 3.47. The van der Waals surface area contributed by atoms with Gasteiger partial charge in [0.15, 0.2) is 5.82 Å². The highest BCUT2D eigenvalue weighted by atomic mass is 16.2. The number of hydrogen-bond acceptors (Lipinski definition) is 6. The van der Waals surface area contributed by atoms with Crippen LogP contribution in [0.5, 0.6) is 0 Å². The van der Waals surface area contributed by atoms with Gasteiger partial charge in [-0.1, -0.05) is 0 Å². The molecular formula is C20H20N8O2. The highest BCUT2D eigenvalue weighted by molar-refractivity contribution is 5.97. The molecule has 0 spiro atoms. The van der Waals surface area contributed by atoms with E-state index in [4.69, 9.17) is 0 Å². The van der Waals surface area contributed by atoms with Crippen LogP contribution in [0.2, 0.25) is 0 Å². The highest BCUT2D eigenvalue weighted by Crippen LogP contribution is 2.21. The summed E-state index contributed by atoms with van der Waals surface area (Å²) in [6.07, 6.45) is 5.10. The minimum Gasteiger partial charge on any atom is -0.339 e. The van der Waals surface area contributed by atoms with Crippen molar-refractivity contribution in [2.45, 2.75) is 19.4 Å². The first kappa shape index (κ1) is 18.2.